The second kappa shape index (κ2) is 14.1. The summed E-state index contributed by atoms with van der Waals surface area (Å²) in [5, 5.41) is 10.4. The molecule has 3 aromatic rings. The number of ether oxygens (including phenoxy) is 2. The summed E-state index contributed by atoms with van der Waals surface area (Å²) in [7, 11) is 3.29. The van der Waals surface area contributed by atoms with Crippen molar-refractivity contribution in [2.24, 2.45) is 5.92 Å². The minimum absolute atomic E-state index is 0. The lowest BCUT2D eigenvalue weighted by atomic mass is 9.69. The lowest BCUT2D eigenvalue weighted by Crippen LogP contribution is -2.33. The van der Waals surface area contributed by atoms with Crippen LogP contribution >= 0.6 is 12.4 Å². The highest BCUT2D eigenvalue weighted by atomic mass is 35.5. The molecule has 0 N–H and O–H groups in total. The number of hydrogen-bond acceptors (Lipinski definition) is 4. The van der Waals surface area contributed by atoms with Gasteiger partial charge in [-0.2, -0.15) is 5.26 Å². The second-order valence-corrected chi connectivity index (χ2v) is 11.6. The summed E-state index contributed by atoms with van der Waals surface area (Å²) in [6.45, 7) is 7.54. The van der Waals surface area contributed by atoms with Gasteiger partial charge in [0.05, 0.1) is 25.7 Å². The molecule has 42 heavy (non-hydrogen) atoms. The molecule has 1 aliphatic carbocycles. The van der Waals surface area contributed by atoms with E-state index in [4.69, 9.17) is 9.47 Å². The third-order valence-corrected chi connectivity index (χ3v) is 9.10. The van der Waals surface area contributed by atoms with Gasteiger partial charge in [0.1, 0.15) is 0 Å². The number of halogens is 1. The van der Waals surface area contributed by atoms with Gasteiger partial charge in [-0.25, -0.2) is 0 Å². The van der Waals surface area contributed by atoms with Gasteiger partial charge in [-0.05, 0) is 83.7 Å². The third-order valence-electron chi connectivity index (χ3n) is 9.10. The number of likely N-dealkylation sites (tertiary alicyclic amines) is 1. The first-order valence-corrected chi connectivity index (χ1v) is 15.0. The number of hydrogen-bond donors (Lipinski definition) is 0. The molecular formula is C37H43ClN2O2. The summed E-state index contributed by atoms with van der Waals surface area (Å²) in [4.78, 5) is 2.61. The van der Waals surface area contributed by atoms with Crippen LogP contribution < -0.4 is 9.47 Å². The minimum Gasteiger partial charge on any atom is -0.493 e. The highest BCUT2D eigenvalue weighted by molar-refractivity contribution is 5.94. The maximum Gasteiger partial charge on any atom is 0.161 e. The predicted molar refractivity (Wildman–Crippen MR) is 176 cm³/mol. The van der Waals surface area contributed by atoms with Crippen LogP contribution in [0.1, 0.15) is 73.8 Å². The molecule has 1 atom stereocenters. The van der Waals surface area contributed by atoms with Crippen LogP contribution in [0.5, 0.6) is 11.5 Å². The summed E-state index contributed by atoms with van der Waals surface area (Å²) in [5.74, 6) is 1.56. The van der Waals surface area contributed by atoms with E-state index in [0.29, 0.717) is 11.5 Å². The molecule has 0 bridgehead atoms. The van der Waals surface area contributed by atoms with Gasteiger partial charge in [0.15, 0.2) is 11.5 Å². The molecule has 1 aliphatic heterocycles. The van der Waals surface area contributed by atoms with Crippen molar-refractivity contribution in [3.05, 3.63) is 100 Å². The summed E-state index contributed by atoms with van der Waals surface area (Å²) in [5.41, 5.74) is 8.78. The number of nitriles is 1. The quantitative estimate of drug-likeness (QED) is 0.185. The summed E-state index contributed by atoms with van der Waals surface area (Å²) >= 11 is 0. The summed E-state index contributed by atoms with van der Waals surface area (Å²) in [6.07, 6.45) is 9.65. The molecule has 0 saturated carbocycles. The lowest BCUT2D eigenvalue weighted by Gasteiger charge is -2.33. The van der Waals surface area contributed by atoms with E-state index in [-0.39, 0.29) is 18.3 Å². The molecule has 4 nitrogen and oxygen atoms in total. The highest BCUT2D eigenvalue weighted by Crippen LogP contribution is 2.41. The Hall–Kier alpha value is -3.52. The van der Waals surface area contributed by atoms with E-state index < -0.39 is 5.41 Å². The highest BCUT2D eigenvalue weighted by Gasteiger charge is 2.36. The molecule has 0 amide bonds. The number of fused-ring (bicyclic) bond motifs is 2. The average Bonchev–Trinajstić information content (AvgIpc) is 3.18. The van der Waals surface area contributed by atoms with Crippen molar-refractivity contribution in [1.29, 1.82) is 5.26 Å². The van der Waals surface area contributed by atoms with Crippen LogP contribution in [-0.4, -0.2) is 38.8 Å². The number of nitrogens with zero attached hydrogens (tertiary/aromatic N) is 2. The van der Waals surface area contributed by atoms with Crippen molar-refractivity contribution >= 4 is 30.1 Å². The Kier molecular flexibility index (Phi) is 10.5. The molecule has 1 fully saturated rings. The van der Waals surface area contributed by atoms with Crippen LogP contribution in [0.4, 0.5) is 0 Å². The zero-order valence-corrected chi connectivity index (χ0v) is 26.2. The molecular weight excluding hydrogens is 540 g/mol. The fourth-order valence-electron chi connectivity index (χ4n) is 6.61. The van der Waals surface area contributed by atoms with E-state index in [1.807, 2.05) is 18.2 Å². The molecule has 220 valence electrons. The van der Waals surface area contributed by atoms with Crippen molar-refractivity contribution in [3.63, 3.8) is 0 Å². The first-order valence-electron chi connectivity index (χ1n) is 15.0. The average molecular weight is 583 g/mol. The number of rotatable bonds is 9. The van der Waals surface area contributed by atoms with Gasteiger partial charge < -0.3 is 14.4 Å². The van der Waals surface area contributed by atoms with Crippen LogP contribution in [0.2, 0.25) is 0 Å². The predicted octanol–water partition coefficient (Wildman–Crippen LogP) is 8.79. The molecule has 2 aliphatic rings. The fraction of sp³-hybridized carbons (Fsp3) is 0.378. The van der Waals surface area contributed by atoms with Crippen LogP contribution in [0, 0.1) is 17.2 Å². The van der Waals surface area contributed by atoms with E-state index in [2.05, 4.69) is 85.5 Å². The first-order chi connectivity index (χ1) is 20.0. The molecule has 1 unspecified atom stereocenters. The van der Waals surface area contributed by atoms with Gasteiger partial charge in [-0.1, -0.05) is 92.6 Å². The van der Waals surface area contributed by atoms with Crippen molar-refractivity contribution < 1.29 is 9.47 Å². The Morgan fingerprint density at radius 1 is 0.833 bits per heavy atom. The Morgan fingerprint density at radius 2 is 1.43 bits per heavy atom. The van der Waals surface area contributed by atoms with E-state index in [1.54, 1.807) is 19.8 Å². The fourth-order valence-corrected chi connectivity index (χ4v) is 6.61. The maximum absolute atomic E-state index is 10.4. The van der Waals surface area contributed by atoms with Gasteiger partial charge in [-0.15, -0.1) is 12.4 Å². The van der Waals surface area contributed by atoms with Gasteiger partial charge in [0.2, 0.25) is 0 Å². The standard InChI is InChI=1S/C37H42N2O2.ClH/c1-27(2)37(26-38,31-17-18-34(40-3)35(25-31)41-4)21-9-10-22-39-23-19-30(20-24-39)36-32-13-7-5-11-28(32)15-16-29-12-6-8-14-33(29)36;/h5-8,11-18,25,27H,9-10,19-24H2,1-4H3;1H. The minimum atomic E-state index is -0.548. The second-order valence-electron chi connectivity index (χ2n) is 11.6. The SMILES string of the molecule is COc1ccc(C(C#N)(CCCCN2CCC(=C3c4ccccc4C=Cc4ccccc43)CC2)C(C)C)cc1OC.Cl. The molecule has 0 spiro atoms. The topological polar surface area (TPSA) is 45.5 Å². The number of unbranched alkanes of at least 4 members (excludes halogenated alkanes) is 1. The molecule has 0 aromatic heterocycles. The molecule has 5 heteroatoms. The number of methoxy groups -OCH3 is 2. The summed E-state index contributed by atoms with van der Waals surface area (Å²) < 4.78 is 11.0. The Morgan fingerprint density at radius 3 is 1.98 bits per heavy atom. The zero-order chi connectivity index (χ0) is 28.8. The maximum atomic E-state index is 10.4. The number of piperidine rings is 1. The Bertz CT molecular complexity index is 1420. The van der Waals surface area contributed by atoms with Crippen molar-refractivity contribution in [1.82, 2.24) is 4.90 Å². The van der Waals surface area contributed by atoms with Crippen LogP contribution in [0.15, 0.2) is 72.3 Å². The van der Waals surface area contributed by atoms with E-state index in [1.165, 1.54) is 27.8 Å². The van der Waals surface area contributed by atoms with Crippen molar-refractivity contribution in [2.45, 2.75) is 51.4 Å². The monoisotopic (exact) mass is 582 g/mol. The van der Waals surface area contributed by atoms with Crippen molar-refractivity contribution in [2.75, 3.05) is 33.9 Å². The zero-order valence-electron chi connectivity index (χ0n) is 25.4. The molecule has 1 heterocycles. The molecule has 3 aromatic carbocycles. The van der Waals surface area contributed by atoms with Crippen molar-refractivity contribution in [3.8, 4) is 17.6 Å². The Balaban J connectivity index is 0.00000405. The number of benzene rings is 3. The Labute approximate surface area is 258 Å². The van der Waals surface area contributed by atoms with E-state index in [9.17, 15) is 5.26 Å². The van der Waals surface area contributed by atoms with E-state index >= 15 is 0 Å². The van der Waals surface area contributed by atoms with Crippen LogP contribution in [0.25, 0.3) is 17.7 Å². The van der Waals surface area contributed by atoms with Gasteiger partial charge >= 0.3 is 0 Å². The van der Waals surface area contributed by atoms with Gasteiger partial charge in [0, 0.05) is 13.1 Å². The van der Waals surface area contributed by atoms with E-state index in [0.717, 1.165) is 57.3 Å². The first kappa shape index (κ1) is 31.4. The van der Waals surface area contributed by atoms with Crippen LogP contribution in [0.3, 0.4) is 0 Å². The normalized spacial score (nSPS) is 16.0. The molecule has 0 radical (unpaired) electrons. The molecule has 1 saturated heterocycles. The van der Waals surface area contributed by atoms with Crippen LogP contribution in [-0.2, 0) is 5.41 Å². The third kappa shape index (κ3) is 6.28. The lowest BCUT2D eigenvalue weighted by molar-refractivity contribution is 0.245. The van der Waals surface area contributed by atoms with Gasteiger partial charge in [0.25, 0.3) is 0 Å². The van der Waals surface area contributed by atoms with Gasteiger partial charge in [-0.3, -0.25) is 0 Å². The largest absolute Gasteiger partial charge is 0.493 e. The smallest absolute Gasteiger partial charge is 0.161 e. The summed E-state index contributed by atoms with van der Waals surface area (Å²) in [6, 6.07) is 26.3. The molecule has 5 rings (SSSR count).